The van der Waals surface area contributed by atoms with Crippen molar-refractivity contribution in [3.63, 3.8) is 0 Å². The first-order valence-electron chi connectivity index (χ1n) is 7.80. The summed E-state index contributed by atoms with van der Waals surface area (Å²) >= 11 is 0. The van der Waals surface area contributed by atoms with Crippen molar-refractivity contribution in [1.82, 2.24) is 9.99 Å². The molecule has 0 atom stereocenters. The van der Waals surface area contributed by atoms with E-state index in [9.17, 15) is 0 Å². The van der Waals surface area contributed by atoms with Crippen molar-refractivity contribution in [2.75, 3.05) is 18.5 Å². The van der Waals surface area contributed by atoms with Gasteiger partial charge in [-0.05, 0) is 12.1 Å². The zero-order chi connectivity index (χ0) is 15.5. The molecule has 2 heterocycles. The van der Waals surface area contributed by atoms with Crippen LogP contribution in [-0.2, 0) is 0 Å². The van der Waals surface area contributed by atoms with E-state index in [0.29, 0.717) is 0 Å². The summed E-state index contributed by atoms with van der Waals surface area (Å²) in [6.45, 7) is 1.69. The summed E-state index contributed by atoms with van der Waals surface area (Å²) in [6.07, 6.45) is 0. The summed E-state index contributed by atoms with van der Waals surface area (Å²) in [7, 11) is 0. The normalized spacial score (nSPS) is 12.9. The zero-order valence-corrected chi connectivity index (χ0v) is 14.0. The molecule has 0 bridgehead atoms. The lowest BCUT2D eigenvalue weighted by atomic mass is 10.2. The minimum Gasteiger partial charge on any atom is -0.353 e. The van der Waals surface area contributed by atoms with E-state index in [1.807, 2.05) is 12.1 Å². The molecular formula is C19H19ClN4. The number of halogens is 1. The highest BCUT2D eigenvalue weighted by Gasteiger charge is 2.14. The highest BCUT2D eigenvalue weighted by molar-refractivity contribution is 5.90. The molecule has 0 saturated carbocycles. The van der Waals surface area contributed by atoms with Crippen LogP contribution in [0.15, 0.2) is 77.8 Å². The van der Waals surface area contributed by atoms with Crippen molar-refractivity contribution >= 4 is 18.4 Å². The highest BCUT2D eigenvalue weighted by Crippen LogP contribution is 2.27. The number of benzene rings is 2. The second kappa shape index (κ2) is 7.23. The molecule has 122 valence electrons. The predicted molar refractivity (Wildman–Crippen MR) is 102 cm³/mol. The monoisotopic (exact) mass is 338 g/mol. The molecule has 0 radical (unpaired) electrons. The van der Waals surface area contributed by atoms with E-state index < -0.39 is 0 Å². The Balaban J connectivity index is 0.00000169. The number of aliphatic imine (C=N–C) groups is 1. The fourth-order valence-electron chi connectivity index (χ4n) is 2.80. The lowest BCUT2D eigenvalue weighted by molar-refractivity contribution is 0.936. The molecular weight excluding hydrogens is 320 g/mol. The molecule has 5 heteroatoms. The topological polar surface area (TPSA) is 41.4 Å². The first-order chi connectivity index (χ1) is 11.4. The van der Waals surface area contributed by atoms with Crippen molar-refractivity contribution in [3.05, 3.63) is 72.8 Å². The molecule has 1 aliphatic rings. The number of nitrogens with zero attached hydrogens (tertiary/aromatic N) is 2. The molecule has 1 aliphatic heterocycles. The molecule has 24 heavy (non-hydrogen) atoms. The SMILES string of the molecule is Cl.c1ccc(-c2ccc(-c3ccccc3)n2NC2=NCCN2)cc1. The number of aromatic nitrogens is 1. The third-order valence-corrected chi connectivity index (χ3v) is 3.91. The van der Waals surface area contributed by atoms with Crippen LogP contribution in [0.4, 0.5) is 0 Å². The summed E-state index contributed by atoms with van der Waals surface area (Å²) in [6, 6.07) is 25.0. The quantitative estimate of drug-likeness (QED) is 0.763. The Morgan fingerprint density at radius 2 is 1.33 bits per heavy atom. The Hall–Kier alpha value is -2.72. The van der Waals surface area contributed by atoms with Crippen molar-refractivity contribution in [2.24, 2.45) is 4.99 Å². The van der Waals surface area contributed by atoms with Gasteiger partial charge in [-0.25, -0.2) is 0 Å². The van der Waals surface area contributed by atoms with E-state index in [2.05, 4.69) is 81.1 Å². The van der Waals surface area contributed by atoms with Gasteiger partial charge >= 0.3 is 0 Å². The van der Waals surface area contributed by atoms with Crippen molar-refractivity contribution in [1.29, 1.82) is 0 Å². The zero-order valence-electron chi connectivity index (χ0n) is 13.1. The maximum Gasteiger partial charge on any atom is 0.210 e. The molecule has 1 aromatic heterocycles. The Labute approximate surface area is 147 Å². The third-order valence-electron chi connectivity index (χ3n) is 3.91. The maximum absolute atomic E-state index is 4.45. The molecule has 0 saturated heterocycles. The Bertz CT molecular complexity index is 768. The molecule has 4 rings (SSSR count). The fraction of sp³-hybridized carbons (Fsp3) is 0.105. The van der Waals surface area contributed by atoms with Crippen molar-refractivity contribution < 1.29 is 0 Å². The van der Waals surface area contributed by atoms with Crippen LogP contribution >= 0.6 is 12.4 Å². The number of hydrogen-bond acceptors (Lipinski definition) is 3. The van der Waals surface area contributed by atoms with Crippen LogP contribution in [-0.4, -0.2) is 23.7 Å². The lowest BCUT2D eigenvalue weighted by Gasteiger charge is -2.16. The average Bonchev–Trinajstić information content (AvgIpc) is 3.27. The molecule has 0 fully saturated rings. The summed E-state index contributed by atoms with van der Waals surface area (Å²) < 4.78 is 2.10. The minimum atomic E-state index is 0. The standard InChI is InChI=1S/C19H18N4.ClH/c1-3-7-15(8-4-1)17-11-12-18(16-9-5-2-6-10-16)23(17)22-19-20-13-14-21-19;/h1-12H,13-14H2,(H2,20,21,22);1H. The number of nitrogens with one attached hydrogen (secondary N) is 2. The second-order valence-electron chi connectivity index (χ2n) is 5.44. The van der Waals surface area contributed by atoms with Gasteiger partial charge in [0.1, 0.15) is 0 Å². The van der Waals surface area contributed by atoms with Gasteiger partial charge in [-0.3, -0.25) is 15.1 Å². The van der Waals surface area contributed by atoms with E-state index >= 15 is 0 Å². The van der Waals surface area contributed by atoms with Crippen LogP contribution in [0.3, 0.4) is 0 Å². The van der Waals surface area contributed by atoms with Gasteiger partial charge in [0, 0.05) is 17.7 Å². The molecule has 3 aromatic rings. The van der Waals surface area contributed by atoms with Crippen molar-refractivity contribution in [2.45, 2.75) is 0 Å². The average molecular weight is 339 g/mol. The van der Waals surface area contributed by atoms with Crippen molar-refractivity contribution in [3.8, 4) is 22.5 Å². The van der Waals surface area contributed by atoms with E-state index in [-0.39, 0.29) is 12.4 Å². The van der Waals surface area contributed by atoms with Gasteiger partial charge in [0.05, 0.1) is 17.9 Å². The predicted octanol–water partition coefficient (Wildman–Crippen LogP) is 3.75. The van der Waals surface area contributed by atoms with Crippen LogP contribution in [0.1, 0.15) is 0 Å². The van der Waals surface area contributed by atoms with Crippen LogP contribution in [0.2, 0.25) is 0 Å². The smallest absolute Gasteiger partial charge is 0.210 e. The molecule has 0 amide bonds. The fourth-order valence-corrected chi connectivity index (χ4v) is 2.80. The van der Waals surface area contributed by atoms with Crippen LogP contribution in [0.25, 0.3) is 22.5 Å². The Kier molecular flexibility index (Phi) is 4.87. The van der Waals surface area contributed by atoms with Gasteiger partial charge in [-0.1, -0.05) is 60.7 Å². The van der Waals surface area contributed by atoms with Gasteiger partial charge in [-0.2, -0.15) is 0 Å². The second-order valence-corrected chi connectivity index (χ2v) is 5.44. The van der Waals surface area contributed by atoms with E-state index in [4.69, 9.17) is 0 Å². The summed E-state index contributed by atoms with van der Waals surface area (Å²) in [5.41, 5.74) is 7.97. The maximum atomic E-state index is 4.45. The van der Waals surface area contributed by atoms with Gasteiger partial charge in [-0.15, -0.1) is 12.4 Å². The first kappa shape index (κ1) is 16.1. The minimum absolute atomic E-state index is 0. The molecule has 2 aromatic carbocycles. The van der Waals surface area contributed by atoms with Gasteiger partial charge in [0.2, 0.25) is 5.96 Å². The number of hydrogen-bond donors (Lipinski definition) is 2. The molecule has 4 nitrogen and oxygen atoms in total. The first-order valence-corrected chi connectivity index (χ1v) is 7.80. The largest absolute Gasteiger partial charge is 0.353 e. The Morgan fingerprint density at radius 1 is 0.792 bits per heavy atom. The van der Waals surface area contributed by atoms with Crippen LogP contribution in [0, 0.1) is 0 Å². The van der Waals surface area contributed by atoms with Gasteiger partial charge in [0.25, 0.3) is 0 Å². The van der Waals surface area contributed by atoms with Crippen LogP contribution < -0.4 is 10.7 Å². The summed E-state index contributed by atoms with van der Waals surface area (Å²) in [4.78, 5) is 4.45. The Morgan fingerprint density at radius 3 is 1.79 bits per heavy atom. The lowest BCUT2D eigenvalue weighted by Crippen LogP contribution is -2.33. The van der Waals surface area contributed by atoms with E-state index in [1.54, 1.807) is 0 Å². The van der Waals surface area contributed by atoms with Gasteiger partial charge in [0.15, 0.2) is 0 Å². The third kappa shape index (κ3) is 3.14. The van der Waals surface area contributed by atoms with Gasteiger partial charge < -0.3 is 5.32 Å². The summed E-state index contributed by atoms with van der Waals surface area (Å²) in [5.74, 6) is 0.815. The number of guanidine groups is 1. The molecule has 0 unspecified atom stereocenters. The molecule has 2 N–H and O–H groups in total. The molecule has 0 aliphatic carbocycles. The van der Waals surface area contributed by atoms with E-state index in [1.165, 1.54) is 11.1 Å². The van der Waals surface area contributed by atoms with E-state index in [0.717, 1.165) is 30.4 Å². The molecule has 0 spiro atoms. The highest BCUT2D eigenvalue weighted by atomic mass is 35.5. The number of rotatable bonds is 3. The van der Waals surface area contributed by atoms with Crippen LogP contribution in [0.5, 0.6) is 0 Å². The summed E-state index contributed by atoms with van der Waals surface area (Å²) in [5, 5.41) is 3.27.